The Balaban J connectivity index is 2.79. The average Bonchev–Trinajstić information content (AvgIpc) is 2.15. The molecule has 0 aliphatic rings. The lowest BCUT2D eigenvalue weighted by Gasteiger charge is -2.01. The van der Waals surface area contributed by atoms with Crippen molar-refractivity contribution in [3.8, 4) is 6.07 Å². The molecule has 68 valence electrons. The highest BCUT2D eigenvalue weighted by atomic mass is 79.9. The van der Waals surface area contributed by atoms with Crippen LogP contribution in [0.25, 0.3) is 0 Å². The van der Waals surface area contributed by atoms with Crippen molar-refractivity contribution in [2.45, 2.75) is 18.2 Å². The van der Waals surface area contributed by atoms with Crippen molar-refractivity contribution in [1.82, 2.24) is 0 Å². The van der Waals surface area contributed by atoms with Crippen molar-refractivity contribution in [3.63, 3.8) is 0 Å². The number of hydrogen-bond acceptors (Lipinski definition) is 2. The minimum absolute atomic E-state index is 0.695. The molecule has 3 heteroatoms. The summed E-state index contributed by atoms with van der Waals surface area (Å²) in [6.07, 6.45) is 1.17. The van der Waals surface area contributed by atoms with Crippen LogP contribution in [0, 0.1) is 11.3 Å². The third-order valence-electron chi connectivity index (χ3n) is 1.53. The van der Waals surface area contributed by atoms with E-state index in [2.05, 4.69) is 28.9 Å². The third-order valence-corrected chi connectivity index (χ3v) is 3.39. The summed E-state index contributed by atoms with van der Waals surface area (Å²) in [4.78, 5) is 1.22. The molecule has 1 rings (SSSR count). The largest absolute Gasteiger partial charge is 0.192 e. The molecular weight excluding hydrogens is 246 g/mol. The molecule has 0 radical (unpaired) electrons. The predicted octanol–water partition coefficient (Wildman–Crippen LogP) is 3.82. The molecule has 0 heterocycles. The molecule has 0 aromatic heterocycles. The fourth-order valence-corrected chi connectivity index (χ4v) is 2.32. The quantitative estimate of drug-likeness (QED) is 0.767. The highest BCUT2D eigenvalue weighted by Crippen LogP contribution is 2.25. The van der Waals surface area contributed by atoms with Gasteiger partial charge in [-0.25, -0.2) is 0 Å². The van der Waals surface area contributed by atoms with Crippen molar-refractivity contribution >= 4 is 27.7 Å². The molecule has 0 aliphatic heterocycles. The SMILES string of the molecule is CCCSc1ccc(C#N)c(Br)c1. The van der Waals surface area contributed by atoms with E-state index >= 15 is 0 Å². The molecule has 1 aromatic carbocycles. The topological polar surface area (TPSA) is 23.8 Å². The lowest BCUT2D eigenvalue weighted by Crippen LogP contribution is -1.80. The van der Waals surface area contributed by atoms with Crippen LogP contribution in [-0.4, -0.2) is 5.75 Å². The van der Waals surface area contributed by atoms with Gasteiger partial charge in [0, 0.05) is 9.37 Å². The maximum Gasteiger partial charge on any atom is 0.100 e. The molecule has 0 fully saturated rings. The van der Waals surface area contributed by atoms with Crippen LogP contribution in [0.3, 0.4) is 0 Å². The Morgan fingerprint density at radius 3 is 2.85 bits per heavy atom. The van der Waals surface area contributed by atoms with Gasteiger partial charge in [0.15, 0.2) is 0 Å². The van der Waals surface area contributed by atoms with Crippen LogP contribution in [0.1, 0.15) is 18.9 Å². The number of halogens is 1. The van der Waals surface area contributed by atoms with E-state index in [1.807, 2.05) is 30.0 Å². The summed E-state index contributed by atoms with van der Waals surface area (Å²) in [7, 11) is 0. The van der Waals surface area contributed by atoms with E-state index < -0.39 is 0 Å². The molecule has 0 bridgehead atoms. The van der Waals surface area contributed by atoms with Crippen molar-refractivity contribution in [2.75, 3.05) is 5.75 Å². The van der Waals surface area contributed by atoms with Crippen LogP contribution < -0.4 is 0 Å². The molecular formula is C10H10BrNS. The summed E-state index contributed by atoms with van der Waals surface area (Å²) in [6.45, 7) is 2.16. The van der Waals surface area contributed by atoms with Gasteiger partial charge in [-0.1, -0.05) is 6.92 Å². The zero-order chi connectivity index (χ0) is 9.68. The maximum absolute atomic E-state index is 8.70. The Labute approximate surface area is 91.3 Å². The number of hydrogen-bond donors (Lipinski definition) is 0. The first-order chi connectivity index (χ1) is 6.27. The molecule has 0 spiro atoms. The molecule has 0 saturated heterocycles. The Kier molecular flexibility index (Phi) is 4.34. The normalized spacial score (nSPS) is 9.62. The van der Waals surface area contributed by atoms with Gasteiger partial charge < -0.3 is 0 Å². The molecule has 13 heavy (non-hydrogen) atoms. The molecule has 0 amide bonds. The van der Waals surface area contributed by atoms with Gasteiger partial charge in [0.1, 0.15) is 6.07 Å². The predicted molar refractivity (Wildman–Crippen MR) is 59.9 cm³/mol. The minimum Gasteiger partial charge on any atom is -0.192 e. The van der Waals surface area contributed by atoms with Gasteiger partial charge in [-0.15, -0.1) is 11.8 Å². The molecule has 0 N–H and O–H groups in total. The third kappa shape index (κ3) is 3.06. The highest BCUT2D eigenvalue weighted by Gasteiger charge is 1.99. The Morgan fingerprint density at radius 1 is 1.54 bits per heavy atom. The van der Waals surface area contributed by atoms with Crippen LogP contribution in [0.2, 0.25) is 0 Å². The number of nitrogens with zero attached hydrogens (tertiary/aromatic N) is 1. The van der Waals surface area contributed by atoms with Gasteiger partial charge in [0.2, 0.25) is 0 Å². The van der Waals surface area contributed by atoms with E-state index in [1.54, 1.807) is 0 Å². The van der Waals surface area contributed by atoms with E-state index in [0.29, 0.717) is 5.56 Å². The van der Waals surface area contributed by atoms with Crippen LogP contribution in [0.4, 0.5) is 0 Å². The molecule has 0 unspecified atom stereocenters. The van der Waals surface area contributed by atoms with Crippen molar-refractivity contribution in [2.24, 2.45) is 0 Å². The number of nitriles is 1. The van der Waals surface area contributed by atoms with E-state index in [4.69, 9.17) is 5.26 Å². The van der Waals surface area contributed by atoms with Gasteiger partial charge in [0.05, 0.1) is 5.56 Å². The van der Waals surface area contributed by atoms with E-state index in [9.17, 15) is 0 Å². The van der Waals surface area contributed by atoms with E-state index in [0.717, 1.165) is 10.2 Å². The first-order valence-electron chi connectivity index (χ1n) is 4.10. The van der Waals surface area contributed by atoms with Gasteiger partial charge >= 0.3 is 0 Å². The van der Waals surface area contributed by atoms with Gasteiger partial charge in [-0.2, -0.15) is 5.26 Å². The summed E-state index contributed by atoms with van der Waals surface area (Å²) < 4.78 is 0.885. The minimum atomic E-state index is 0.695. The lowest BCUT2D eigenvalue weighted by molar-refractivity contribution is 1.10. The Morgan fingerprint density at radius 2 is 2.31 bits per heavy atom. The molecule has 0 aliphatic carbocycles. The van der Waals surface area contributed by atoms with Crippen LogP contribution >= 0.6 is 27.7 Å². The van der Waals surface area contributed by atoms with E-state index in [1.165, 1.54) is 11.3 Å². The number of benzene rings is 1. The summed E-state index contributed by atoms with van der Waals surface area (Å²) in [5, 5.41) is 8.70. The number of thioether (sulfide) groups is 1. The molecule has 0 saturated carbocycles. The molecule has 1 nitrogen and oxygen atoms in total. The smallest absolute Gasteiger partial charge is 0.100 e. The summed E-state index contributed by atoms with van der Waals surface area (Å²) in [5.74, 6) is 1.12. The average molecular weight is 256 g/mol. The van der Waals surface area contributed by atoms with Gasteiger partial charge in [0.25, 0.3) is 0 Å². The first kappa shape index (κ1) is 10.6. The Bertz CT molecular complexity index is 330. The summed E-state index contributed by atoms with van der Waals surface area (Å²) >= 11 is 5.18. The van der Waals surface area contributed by atoms with Gasteiger partial charge in [-0.05, 0) is 46.3 Å². The second-order valence-electron chi connectivity index (χ2n) is 2.60. The van der Waals surface area contributed by atoms with Crippen LogP contribution in [0.15, 0.2) is 27.6 Å². The summed E-state index contributed by atoms with van der Waals surface area (Å²) in [5.41, 5.74) is 0.695. The Hall–Kier alpha value is -0.460. The van der Waals surface area contributed by atoms with Crippen molar-refractivity contribution in [3.05, 3.63) is 28.2 Å². The zero-order valence-corrected chi connectivity index (χ0v) is 9.78. The van der Waals surface area contributed by atoms with Crippen molar-refractivity contribution < 1.29 is 0 Å². The van der Waals surface area contributed by atoms with Crippen LogP contribution in [-0.2, 0) is 0 Å². The fourth-order valence-electron chi connectivity index (χ4n) is 0.896. The summed E-state index contributed by atoms with van der Waals surface area (Å²) in [6, 6.07) is 7.96. The molecule has 0 atom stereocenters. The maximum atomic E-state index is 8.70. The second-order valence-corrected chi connectivity index (χ2v) is 4.62. The first-order valence-corrected chi connectivity index (χ1v) is 5.88. The van der Waals surface area contributed by atoms with Crippen molar-refractivity contribution in [1.29, 1.82) is 5.26 Å². The highest BCUT2D eigenvalue weighted by molar-refractivity contribution is 9.10. The van der Waals surface area contributed by atoms with Crippen LogP contribution in [0.5, 0.6) is 0 Å². The van der Waals surface area contributed by atoms with E-state index in [-0.39, 0.29) is 0 Å². The lowest BCUT2D eigenvalue weighted by atomic mass is 10.2. The standard InChI is InChI=1S/C10H10BrNS/c1-2-5-13-9-4-3-8(7-12)10(11)6-9/h3-4,6H,2,5H2,1H3. The number of rotatable bonds is 3. The fraction of sp³-hybridized carbons (Fsp3) is 0.300. The second kappa shape index (κ2) is 5.31. The zero-order valence-electron chi connectivity index (χ0n) is 7.38. The molecule has 1 aromatic rings. The monoisotopic (exact) mass is 255 g/mol. The van der Waals surface area contributed by atoms with Gasteiger partial charge in [-0.3, -0.25) is 0 Å².